The van der Waals surface area contributed by atoms with Crippen molar-refractivity contribution in [2.24, 2.45) is 17.8 Å². The summed E-state index contributed by atoms with van der Waals surface area (Å²) in [6, 6.07) is 8.89. The Bertz CT molecular complexity index is 1120. The Morgan fingerprint density at radius 2 is 1.70 bits per heavy atom. The van der Waals surface area contributed by atoms with Crippen molar-refractivity contribution in [3.05, 3.63) is 52.0 Å². The molecule has 1 unspecified atom stereocenters. The summed E-state index contributed by atoms with van der Waals surface area (Å²) in [6.45, 7) is 11.0. The molecule has 220 valence electrons. The van der Waals surface area contributed by atoms with Crippen LogP contribution in [0.15, 0.2) is 35.7 Å². The Labute approximate surface area is 241 Å². The number of aliphatic carboxylic acids is 1. The Hall–Kier alpha value is -3.27. The lowest BCUT2D eigenvalue weighted by atomic mass is 9.96. The first-order valence-electron chi connectivity index (χ1n) is 13.9. The van der Waals surface area contributed by atoms with Gasteiger partial charge in [-0.05, 0) is 30.2 Å². The van der Waals surface area contributed by atoms with Crippen molar-refractivity contribution in [1.29, 1.82) is 0 Å². The number of benzene rings is 1. The molecule has 1 heterocycles. The fraction of sp³-hybridized carbons (Fsp3) is 0.567. The molecule has 0 bridgehead atoms. The molecule has 0 saturated heterocycles. The Morgan fingerprint density at radius 3 is 2.27 bits per heavy atom. The zero-order chi connectivity index (χ0) is 29.8. The number of nitrogens with zero attached hydrogens (tertiary/aromatic N) is 1. The number of thiazole rings is 1. The molecule has 0 saturated carbocycles. The molecule has 0 fully saturated rings. The monoisotopic (exact) mass is 573 g/mol. The predicted octanol–water partition coefficient (Wildman–Crippen LogP) is 5.17. The molecule has 0 aliphatic heterocycles. The molecular weight excluding hydrogens is 530 g/mol. The smallest absolute Gasteiger partial charge is 0.306 e. The number of rotatable bonds is 16. The van der Waals surface area contributed by atoms with Crippen LogP contribution in [0, 0.1) is 17.8 Å². The maximum absolute atomic E-state index is 13.2. The maximum atomic E-state index is 13.2. The second-order valence-corrected chi connectivity index (χ2v) is 11.8. The predicted molar refractivity (Wildman–Crippen MR) is 155 cm³/mol. The number of carboxylic acids is 1. The van der Waals surface area contributed by atoms with E-state index in [0.717, 1.165) is 12.0 Å². The number of nitrogens with one attached hydrogen (secondary N) is 2. The van der Waals surface area contributed by atoms with E-state index in [0.29, 0.717) is 24.3 Å². The number of esters is 1. The quantitative estimate of drug-likeness (QED) is 0.236. The van der Waals surface area contributed by atoms with Crippen LogP contribution in [-0.2, 0) is 25.5 Å². The first kappa shape index (κ1) is 32.9. The first-order valence-corrected chi connectivity index (χ1v) is 14.8. The minimum Gasteiger partial charge on any atom is -0.481 e. The third kappa shape index (κ3) is 11.1. The molecular formula is C30H43N3O6S. The highest BCUT2D eigenvalue weighted by Crippen LogP contribution is 2.29. The molecule has 9 nitrogen and oxygen atoms in total. The van der Waals surface area contributed by atoms with Gasteiger partial charge in [0.25, 0.3) is 5.91 Å². The largest absolute Gasteiger partial charge is 0.481 e. The van der Waals surface area contributed by atoms with Gasteiger partial charge in [-0.1, -0.05) is 71.4 Å². The normalized spacial score (nSPS) is 15.0. The summed E-state index contributed by atoms with van der Waals surface area (Å²) in [4.78, 5) is 53.7. The van der Waals surface area contributed by atoms with Gasteiger partial charge < -0.3 is 20.5 Å². The molecule has 5 atom stereocenters. The Kier molecular flexibility index (Phi) is 13.3. The van der Waals surface area contributed by atoms with Crippen molar-refractivity contribution in [2.45, 2.75) is 91.8 Å². The number of aromatic nitrogens is 1. The minimum absolute atomic E-state index is 0.0473. The van der Waals surface area contributed by atoms with Crippen LogP contribution in [0.4, 0.5) is 0 Å². The van der Waals surface area contributed by atoms with Gasteiger partial charge in [0, 0.05) is 37.2 Å². The molecule has 0 radical (unpaired) electrons. The second-order valence-electron chi connectivity index (χ2n) is 10.9. The van der Waals surface area contributed by atoms with Crippen molar-refractivity contribution in [3.8, 4) is 0 Å². The fourth-order valence-corrected chi connectivity index (χ4v) is 5.11. The Morgan fingerprint density at radius 1 is 1.02 bits per heavy atom. The van der Waals surface area contributed by atoms with Gasteiger partial charge in [0.1, 0.15) is 10.7 Å². The standard InChI is InChI=1S/C30H43N3O6S/c1-7-19(4)13-27(35)32-24(18(2)3)16-26(39-21(6)34)29-33-25(17-40-29)28(36)31-23(14-20(5)30(37)38)15-22-11-9-8-10-12-22/h8-12,17-20,23-24,26H,7,13-16H2,1-6H3,(H,31,36)(H,32,35)(H,37,38)/t19-,20-,23+,24?,26+/m0/s1. The lowest BCUT2D eigenvalue weighted by molar-refractivity contribution is -0.147. The molecule has 10 heteroatoms. The molecule has 2 amide bonds. The molecule has 1 aromatic heterocycles. The zero-order valence-electron chi connectivity index (χ0n) is 24.3. The number of ether oxygens (including phenoxy) is 1. The fourth-order valence-electron chi connectivity index (χ4n) is 4.27. The van der Waals surface area contributed by atoms with E-state index in [9.17, 15) is 24.3 Å². The van der Waals surface area contributed by atoms with Gasteiger partial charge in [0.2, 0.25) is 5.91 Å². The average molecular weight is 574 g/mol. The van der Waals surface area contributed by atoms with Gasteiger partial charge >= 0.3 is 11.9 Å². The van der Waals surface area contributed by atoms with Crippen molar-refractivity contribution < 1.29 is 29.0 Å². The van der Waals surface area contributed by atoms with Crippen LogP contribution in [0.1, 0.15) is 94.4 Å². The van der Waals surface area contributed by atoms with Crippen molar-refractivity contribution in [2.75, 3.05) is 0 Å². The second kappa shape index (κ2) is 16.1. The summed E-state index contributed by atoms with van der Waals surface area (Å²) in [5.74, 6) is -2.18. The summed E-state index contributed by atoms with van der Waals surface area (Å²) in [6.07, 6.45) is 1.66. The number of hydrogen-bond acceptors (Lipinski definition) is 7. The van der Waals surface area contributed by atoms with E-state index < -0.39 is 35.9 Å². The van der Waals surface area contributed by atoms with Gasteiger partial charge in [-0.3, -0.25) is 19.2 Å². The van der Waals surface area contributed by atoms with Gasteiger partial charge in [0.15, 0.2) is 6.10 Å². The molecule has 2 rings (SSSR count). The summed E-state index contributed by atoms with van der Waals surface area (Å²) >= 11 is 1.21. The zero-order valence-corrected chi connectivity index (χ0v) is 25.1. The highest BCUT2D eigenvalue weighted by molar-refractivity contribution is 7.09. The van der Waals surface area contributed by atoms with E-state index in [2.05, 4.69) is 15.6 Å². The maximum Gasteiger partial charge on any atom is 0.306 e. The molecule has 3 N–H and O–H groups in total. The van der Waals surface area contributed by atoms with Crippen LogP contribution >= 0.6 is 11.3 Å². The molecule has 2 aromatic rings. The number of amides is 2. The number of carboxylic acid groups (broad SMARTS) is 1. The molecule has 40 heavy (non-hydrogen) atoms. The topological polar surface area (TPSA) is 135 Å². The van der Waals surface area contributed by atoms with E-state index in [1.165, 1.54) is 18.3 Å². The molecule has 1 aromatic carbocycles. The van der Waals surface area contributed by atoms with Crippen LogP contribution < -0.4 is 10.6 Å². The SMILES string of the molecule is CC[C@H](C)CC(=O)NC(C[C@@H](OC(C)=O)c1nc(C(=O)N[C@@H](Cc2ccccc2)C[C@H](C)C(=O)O)cs1)C(C)C. The summed E-state index contributed by atoms with van der Waals surface area (Å²) in [5.41, 5.74) is 1.15. The number of hydrogen-bond donors (Lipinski definition) is 3. The van der Waals surface area contributed by atoms with Crippen LogP contribution in [0.5, 0.6) is 0 Å². The van der Waals surface area contributed by atoms with E-state index in [1.54, 1.807) is 12.3 Å². The number of carbonyl (C=O) groups excluding carboxylic acids is 3. The Balaban J connectivity index is 2.19. The van der Waals surface area contributed by atoms with E-state index in [4.69, 9.17) is 4.74 Å². The average Bonchev–Trinajstić information content (AvgIpc) is 3.38. The minimum atomic E-state index is -0.927. The van der Waals surface area contributed by atoms with E-state index >= 15 is 0 Å². The van der Waals surface area contributed by atoms with Crippen molar-refractivity contribution in [1.82, 2.24) is 15.6 Å². The van der Waals surface area contributed by atoms with Crippen LogP contribution in [0.3, 0.4) is 0 Å². The van der Waals surface area contributed by atoms with Gasteiger partial charge in [-0.25, -0.2) is 4.98 Å². The molecule has 0 aliphatic carbocycles. The highest BCUT2D eigenvalue weighted by Gasteiger charge is 2.28. The third-order valence-electron chi connectivity index (χ3n) is 6.91. The number of carbonyl (C=O) groups is 4. The third-order valence-corrected chi connectivity index (χ3v) is 7.84. The summed E-state index contributed by atoms with van der Waals surface area (Å²) in [7, 11) is 0. The van der Waals surface area contributed by atoms with Crippen LogP contribution in [0.25, 0.3) is 0 Å². The molecule has 0 aliphatic rings. The van der Waals surface area contributed by atoms with Gasteiger partial charge in [-0.15, -0.1) is 11.3 Å². The molecule has 0 spiro atoms. The summed E-state index contributed by atoms with van der Waals surface area (Å²) in [5, 5.41) is 17.5. The lowest BCUT2D eigenvalue weighted by Crippen LogP contribution is -2.40. The lowest BCUT2D eigenvalue weighted by Gasteiger charge is -2.26. The first-order chi connectivity index (χ1) is 18.9. The van der Waals surface area contributed by atoms with Crippen molar-refractivity contribution >= 4 is 35.1 Å². The van der Waals surface area contributed by atoms with Crippen molar-refractivity contribution in [3.63, 3.8) is 0 Å². The van der Waals surface area contributed by atoms with Crippen LogP contribution in [0.2, 0.25) is 0 Å². The highest BCUT2D eigenvalue weighted by atomic mass is 32.1. The van der Waals surface area contributed by atoms with Gasteiger partial charge in [0.05, 0.1) is 5.92 Å². The van der Waals surface area contributed by atoms with E-state index in [1.807, 2.05) is 58.0 Å². The summed E-state index contributed by atoms with van der Waals surface area (Å²) < 4.78 is 5.59. The van der Waals surface area contributed by atoms with E-state index in [-0.39, 0.29) is 35.9 Å². The van der Waals surface area contributed by atoms with Crippen LogP contribution in [-0.4, -0.2) is 45.9 Å². The van der Waals surface area contributed by atoms with Gasteiger partial charge in [-0.2, -0.15) is 0 Å².